The molecular weight excluding hydrogens is 346 g/mol. The minimum absolute atomic E-state index is 0.0519. The van der Waals surface area contributed by atoms with Gasteiger partial charge >= 0.3 is 5.97 Å². The van der Waals surface area contributed by atoms with Crippen LogP contribution in [0.2, 0.25) is 0 Å². The first-order valence-electron chi connectivity index (χ1n) is 9.87. The van der Waals surface area contributed by atoms with Crippen molar-refractivity contribution in [2.75, 3.05) is 26.2 Å². The smallest absolute Gasteiger partial charge is 0.313 e. The highest BCUT2D eigenvalue weighted by atomic mass is 16.4. The molecule has 0 unspecified atom stereocenters. The number of H-pyrrole nitrogens is 1. The molecule has 0 bridgehead atoms. The first-order valence-corrected chi connectivity index (χ1v) is 9.87. The van der Waals surface area contributed by atoms with Gasteiger partial charge in [-0.1, -0.05) is 19.3 Å². The minimum Gasteiger partial charge on any atom is -0.481 e. The van der Waals surface area contributed by atoms with Crippen LogP contribution in [-0.2, 0) is 4.79 Å². The molecule has 4 rings (SSSR count). The number of nitrogens with one attached hydrogen (secondary N) is 1. The molecule has 2 saturated heterocycles. The third-order valence-corrected chi connectivity index (χ3v) is 6.67. The summed E-state index contributed by atoms with van der Waals surface area (Å²) in [5, 5.41) is 10.0. The Morgan fingerprint density at radius 2 is 1.89 bits per heavy atom. The number of hydrogen-bond donors (Lipinski definition) is 2. The zero-order chi connectivity index (χ0) is 19.2. The fourth-order valence-electron chi connectivity index (χ4n) is 5.27. The third kappa shape index (κ3) is 3.18. The van der Waals surface area contributed by atoms with Gasteiger partial charge in [0.2, 0.25) is 5.56 Å². The summed E-state index contributed by atoms with van der Waals surface area (Å²) in [5.74, 6) is -1.10. The number of carboxylic acid groups (broad SMARTS) is 1. The molecule has 0 radical (unpaired) electrons. The SMILES string of the molecule is Cc1cc(C(=O)N2C[C@H]3CN(C4CCCCC4)C[C@@]3(C(=O)O)C2)cc(=O)[nH]1. The van der Waals surface area contributed by atoms with Crippen LogP contribution in [0.3, 0.4) is 0 Å². The number of carbonyl (C=O) groups is 2. The van der Waals surface area contributed by atoms with Crippen molar-refractivity contribution in [2.24, 2.45) is 11.3 Å². The maximum atomic E-state index is 12.9. The largest absolute Gasteiger partial charge is 0.481 e. The number of nitrogens with zero attached hydrogens (tertiary/aromatic N) is 2. The van der Waals surface area contributed by atoms with Crippen LogP contribution in [0.25, 0.3) is 0 Å². The average molecular weight is 373 g/mol. The van der Waals surface area contributed by atoms with Gasteiger partial charge in [0.15, 0.2) is 0 Å². The summed E-state index contributed by atoms with van der Waals surface area (Å²) in [6.07, 6.45) is 6.01. The molecule has 7 nitrogen and oxygen atoms in total. The zero-order valence-corrected chi connectivity index (χ0v) is 15.7. The van der Waals surface area contributed by atoms with Crippen LogP contribution in [0.15, 0.2) is 16.9 Å². The van der Waals surface area contributed by atoms with Crippen LogP contribution < -0.4 is 5.56 Å². The monoisotopic (exact) mass is 373 g/mol. The van der Waals surface area contributed by atoms with E-state index in [2.05, 4.69) is 9.88 Å². The molecule has 2 atom stereocenters. The van der Waals surface area contributed by atoms with Crippen molar-refractivity contribution < 1.29 is 14.7 Å². The van der Waals surface area contributed by atoms with Crippen molar-refractivity contribution in [2.45, 2.75) is 45.1 Å². The number of carboxylic acids is 1. The van der Waals surface area contributed by atoms with E-state index in [9.17, 15) is 19.5 Å². The number of hydrogen-bond acceptors (Lipinski definition) is 4. The summed E-state index contributed by atoms with van der Waals surface area (Å²) in [7, 11) is 0. The molecule has 2 N–H and O–H groups in total. The number of aliphatic carboxylic acids is 1. The molecule has 1 aromatic heterocycles. The number of aromatic amines is 1. The molecule has 27 heavy (non-hydrogen) atoms. The van der Waals surface area contributed by atoms with Gasteiger partial charge in [-0.25, -0.2) is 0 Å². The maximum absolute atomic E-state index is 12.9. The van der Waals surface area contributed by atoms with E-state index >= 15 is 0 Å². The molecule has 2 aliphatic heterocycles. The van der Waals surface area contributed by atoms with Gasteiger partial charge in [0.25, 0.3) is 5.91 Å². The lowest BCUT2D eigenvalue weighted by Gasteiger charge is -2.33. The Balaban J connectivity index is 1.53. The lowest BCUT2D eigenvalue weighted by atomic mass is 9.81. The summed E-state index contributed by atoms with van der Waals surface area (Å²) in [5.41, 5.74) is -0.236. The van der Waals surface area contributed by atoms with Crippen molar-refractivity contribution in [1.29, 1.82) is 0 Å². The average Bonchev–Trinajstić information content (AvgIpc) is 3.16. The lowest BCUT2D eigenvalue weighted by Crippen LogP contribution is -2.44. The van der Waals surface area contributed by atoms with E-state index in [1.54, 1.807) is 17.9 Å². The maximum Gasteiger partial charge on any atom is 0.313 e. The topological polar surface area (TPSA) is 93.7 Å². The Hall–Kier alpha value is -2.15. The standard InChI is InChI=1S/C20H27N3O4/c1-13-7-14(8-17(24)21-13)18(25)23-10-15-9-22(16-5-3-2-4-6-16)11-20(15,12-23)19(26)27/h7-8,15-16H,2-6,9-12H2,1H3,(H,21,24)(H,26,27)/t15-,20-/m1/s1. The number of likely N-dealkylation sites (tertiary alicyclic amines) is 2. The Morgan fingerprint density at radius 1 is 1.15 bits per heavy atom. The highest BCUT2D eigenvalue weighted by Crippen LogP contribution is 2.45. The second kappa shape index (κ2) is 6.78. The molecule has 3 aliphatic rings. The summed E-state index contributed by atoms with van der Waals surface area (Å²) in [6, 6.07) is 3.44. The molecule has 0 spiro atoms. The van der Waals surface area contributed by atoms with E-state index in [-0.39, 0.29) is 23.9 Å². The highest BCUT2D eigenvalue weighted by molar-refractivity contribution is 5.95. The quantitative estimate of drug-likeness (QED) is 0.837. The van der Waals surface area contributed by atoms with E-state index < -0.39 is 11.4 Å². The number of carbonyl (C=O) groups excluding carboxylic acids is 1. The molecule has 146 valence electrons. The summed E-state index contributed by atoms with van der Waals surface area (Å²) >= 11 is 0. The van der Waals surface area contributed by atoms with Crippen LogP contribution in [0.5, 0.6) is 0 Å². The van der Waals surface area contributed by atoms with Gasteiger partial charge in [-0.05, 0) is 25.8 Å². The van der Waals surface area contributed by atoms with Crippen LogP contribution in [0.1, 0.15) is 48.2 Å². The van der Waals surface area contributed by atoms with Gasteiger partial charge in [-0.15, -0.1) is 0 Å². The van der Waals surface area contributed by atoms with Crippen molar-refractivity contribution in [3.8, 4) is 0 Å². The van der Waals surface area contributed by atoms with Crippen LogP contribution >= 0.6 is 0 Å². The van der Waals surface area contributed by atoms with Crippen LogP contribution in [0.4, 0.5) is 0 Å². The number of aromatic nitrogens is 1. The van der Waals surface area contributed by atoms with Gasteiger partial charge in [0.1, 0.15) is 5.41 Å². The first kappa shape index (κ1) is 18.2. The fraction of sp³-hybridized carbons (Fsp3) is 0.650. The van der Waals surface area contributed by atoms with Crippen LogP contribution in [0, 0.1) is 18.3 Å². The van der Waals surface area contributed by atoms with Crippen molar-refractivity contribution >= 4 is 11.9 Å². The molecule has 7 heteroatoms. The molecule has 3 heterocycles. The van der Waals surface area contributed by atoms with Gasteiger partial charge in [0, 0.05) is 55.5 Å². The number of rotatable bonds is 3. The van der Waals surface area contributed by atoms with Crippen molar-refractivity contribution in [3.63, 3.8) is 0 Å². The number of fused-ring (bicyclic) bond motifs is 1. The summed E-state index contributed by atoms with van der Waals surface area (Å²) in [4.78, 5) is 43.4. The normalized spacial score (nSPS) is 29.1. The van der Waals surface area contributed by atoms with E-state index in [0.29, 0.717) is 30.4 Å². The molecule has 1 amide bonds. The summed E-state index contributed by atoms with van der Waals surface area (Å²) < 4.78 is 0. The van der Waals surface area contributed by atoms with Gasteiger partial charge in [-0.2, -0.15) is 0 Å². The number of aryl methyl sites for hydroxylation is 1. The minimum atomic E-state index is -0.886. The van der Waals surface area contributed by atoms with Crippen molar-refractivity contribution in [1.82, 2.24) is 14.8 Å². The van der Waals surface area contributed by atoms with E-state index in [1.165, 1.54) is 25.3 Å². The molecule has 1 aromatic rings. The molecule has 1 aliphatic carbocycles. The lowest BCUT2D eigenvalue weighted by molar-refractivity contribution is -0.148. The van der Waals surface area contributed by atoms with Gasteiger partial charge in [-0.3, -0.25) is 19.3 Å². The Bertz CT molecular complexity index is 814. The predicted octanol–water partition coefficient (Wildman–Crippen LogP) is 1.47. The fourth-order valence-corrected chi connectivity index (χ4v) is 5.27. The van der Waals surface area contributed by atoms with E-state index in [4.69, 9.17) is 0 Å². The summed E-state index contributed by atoms with van der Waals surface area (Å²) in [6.45, 7) is 3.67. The first-order chi connectivity index (χ1) is 12.9. The van der Waals surface area contributed by atoms with Crippen molar-refractivity contribution in [3.05, 3.63) is 33.7 Å². The molecule has 1 saturated carbocycles. The van der Waals surface area contributed by atoms with Gasteiger partial charge in [0.05, 0.1) is 0 Å². The number of amides is 1. The Labute approximate surface area is 158 Å². The molecule has 0 aromatic carbocycles. The Morgan fingerprint density at radius 3 is 2.52 bits per heavy atom. The van der Waals surface area contributed by atoms with Crippen LogP contribution in [-0.4, -0.2) is 64.0 Å². The predicted molar refractivity (Wildman–Crippen MR) is 99.7 cm³/mol. The highest BCUT2D eigenvalue weighted by Gasteiger charge is 2.59. The Kier molecular flexibility index (Phi) is 4.58. The number of pyridine rings is 1. The third-order valence-electron chi connectivity index (χ3n) is 6.67. The molecular formula is C20H27N3O4. The zero-order valence-electron chi connectivity index (χ0n) is 15.7. The van der Waals surface area contributed by atoms with E-state index in [1.807, 2.05) is 0 Å². The second-order valence-corrected chi connectivity index (χ2v) is 8.48. The van der Waals surface area contributed by atoms with Gasteiger partial charge < -0.3 is 15.0 Å². The van der Waals surface area contributed by atoms with E-state index in [0.717, 1.165) is 19.4 Å². The second-order valence-electron chi connectivity index (χ2n) is 8.48. The molecule has 3 fully saturated rings.